The quantitative estimate of drug-likeness (QED) is 0.753. The molecule has 0 aliphatic carbocycles. The summed E-state index contributed by atoms with van der Waals surface area (Å²) < 4.78 is 0. The Morgan fingerprint density at radius 1 is 1.23 bits per heavy atom. The number of amides is 3. The summed E-state index contributed by atoms with van der Waals surface area (Å²) in [6.45, 7) is 0. The van der Waals surface area contributed by atoms with Crippen LogP contribution >= 0.6 is 11.6 Å². The van der Waals surface area contributed by atoms with Gasteiger partial charge in [-0.25, -0.2) is 0 Å². The van der Waals surface area contributed by atoms with Gasteiger partial charge in [0, 0.05) is 23.6 Å². The van der Waals surface area contributed by atoms with Crippen molar-refractivity contribution in [2.24, 2.45) is 11.7 Å². The topological polar surface area (TPSA) is 101 Å². The van der Waals surface area contributed by atoms with Crippen molar-refractivity contribution in [1.29, 1.82) is 0 Å². The third-order valence-electron chi connectivity index (χ3n) is 4.36. The van der Waals surface area contributed by atoms with Gasteiger partial charge in [0.1, 0.15) is 0 Å². The van der Waals surface area contributed by atoms with Crippen LogP contribution in [0.1, 0.15) is 28.8 Å². The number of hydrogen-bond donors (Lipinski definition) is 3. The van der Waals surface area contributed by atoms with E-state index in [1.807, 2.05) is 24.3 Å². The van der Waals surface area contributed by atoms with Gasteiger partial charge in [0.25, 0.3) is 0 Å². The van der Waals surface area contributed by atoms with E-state index in [1.165, 1.54) is 18.2 Å². The van der Waals surface area contributed by atoms with Crippen molar-refractivity contribution in [1.82, 2.24) is 0 Å². The first-order valence-corrected chi connectivity index (χ1v) is 8.60. The number of carbonyl (C=O) groups excluding carboxylic acids is 3. The number of hydrogen-bond acceptors (Lipinski definition) is 3. The van der Waals surface area contributed by atoms with Crippen LogP contribution in [-0.4, -0.2) is 17.7 Å². The van der Waals surface area contributed by atoms with Gasteiger partial charge in [-0.3, -0.25) is 14.4 Å². The number of primary amides is 1. The van der Waals surface area contributed by atoms with Crippen LogP contribution in [0.4, 0.5) is 11.4 Å². The molecule has 2 aromatic carbocycles. The van der Waals surface area contributed by atoms with Gasteiger partial charge in [-0.2, -0.15) is 0 Å². The molecule has 1 unspecified atom stereocenters. The molecule has 26 heavy (non-hydrogen) atoms. The highest BCUT2D eigenvalue weighted by Crippen LogP contribution is 2.28. The number of halogens is 1. The first kappa shape index (κ1) is 17.9. The molecule has 0 fully saturated rings. The van der Waals surface area contributed by atoms with E-state index in [9.17, 15) is 14.4 Å². The van der Waals surface area contributed by atoms with E-state index in [2.05, 4.69) is 10.6 Å². The van der Waals surface area contributed by atoms with Crippen LogP contribution in [0.15, 0.2) is 42.5 Å². The molecule has 3 amide bonds. The van der Waals surface area contributed by atoms with Gasteiger partial charge in [0.05, 0.1) is 10.7 Å². The van der Waals surface area contributed by atoms with Crippen molar-refractivity contribution in [3.8, 4) is 0 Å². The van der Waals surface area contributed by atoms with E-state index < -0.39 is 5.91 Å². The summed E-state index contributed by atoms with van der Waals surface area (Å²) in [4.78, 5) is 35.7. The minimum atomic E-state index is -0.602. The summed E-state index contributed by atoms with van der Waals surface area (Å²) in [6, 6.07) is 12.1. The highest BCUT2D eigenvalue weighted by Gasteiger charge is 2.26. The third kappa shape index (κ3) is 4.03. The molecule has 0 bridgehead atoms. The lowest BCUT2D eigenvalue weighted by molar-refractivity contribution is -0.121. The van der Waals surface area contributed by atoms with Crippen LogP contribution in [0.25, 0.3) is 0 Å². The monoisotopic (exact) mass is 371 g/mol. The molecule has 2 aromatic rings. The Kier molecular flexibility index (Phi) is 5.23. The molecule has 0 radical (unpaired) electrons. The Hall–Kier alpha value is -2.86. The number of anilines is 2. The molecule has 0 saturated heterocycles. The van der Waals surface area contributed by atoms with E-state index in [0.29, 0.717) is 23.6 Å². The van der Waals surface area contributed by atoms with Crippen molar-refractivity contribution in [3.63, 3.8) is 0 Å². The maximum Gasteiger partial charge on any atom is 0.248 e. The highest BCUT2D eigenvalue weighted by molar-refractivity contribution is 6.33. The first-order valence-electron chi connectivity index (χ1n) is 8.22. The molecule has 7 heteroatoms. The minimum absolute atomic E-state index is 0.0785. The summed E-state index contributed by atoms with van der Waals surface area (Å²) in [7, 11) is 0. The number of rotatable bonds is 5. The largest absolute Gasteiger partial charge is 0.366 e. The van der Waals surface area contributed by atoms with Crippen molar-refractivity contribution in [2.45, 2.75) is 19.3 Å². The zero-order valence-electron chi connectivity index (χ0n) is 13.9. The third-order valence-corrected chi connectivity index (χ3v) is 4.69. The molecule has 1 aliphatic rings. The lowest BCUT2D eigenvalue weighted by Crippen LogP contribution is -2.30. The van der Waals surface area contributed by atoms with Gasteiger partial charge >= 0.3 is 0 Å². The predicted octanol–water partition coefficient (Wildman–Crippen LogP) is 2.97. The van der Waals surface area contributed by atoms with Gasteiger partial charge in [-0.15, -0.1) is 0 Å². The van der Waals surface area contributed by atoms with Crippen LogP contribution in [0.2, 0.25) is 5.02 Å². The normalized spacial score (nSPS) is 15.7. The minimum Gasteiger partial charge on any atom is -0.366 e. The molecule has 1 aliphatic heterocycles. The molecular formula is C19H18ClN3O3. The summed E-state index contributed by atoms with van der Waals surface area (Å²) in [5.74, 6) is -1.22. The fraction of sp³-hybridized carbons (Fsp3) is 0.211. The second-order valence-corrected chi connectivity index (χ2v) is 6.60. The average molecular weight is 372 g/mol. The molecule has 134 valence electrons. The maximum absolute atomic E-state index is 12.2. The Labute approximate surface area is 155 Å². The van der Waals surface area contributed by atoms with Crippen molar-refractivity contribution in [3.05, 3.63) is 58.6 Å². The Balaban J connectivity index is 1.61. The summed E-state index contributed by atoms with van der Waals surface area (Å²) in [6.07, 6.45) is 1.18. The fourth-order valence-corrected chi connectivity index (χ4v) is 3.10. The molecule has 4 N–H and O–H groups in total. The van der Waals surface area contributed by atoms with Crippen LogP contribution in [0.3, 0.4) is 0 Å². The number of nitrogens with one attached hydrogen (secondary N) is 2. The van der Waals surface area contributed by atoms with E-state index in [0.717, 1.165) is 11.3 Å². The van der Waals surface area contributed by atoms with Crippen molar-refractivity contribution < 1.29 is 14.4 Å². The van der Waals surface area contributed by atoms with Crippen LogP contribution in [0.5, 0.6) is 0 Å². The number of fused-ring (bicyclic) bond motifs is 1. The molecule has 1 atom stereocenters. The SMILES string of the molecule is NC(=O)c1ccc(Cl)c(NC(=O)CCC2Cc3ccccc3NC2=O)c1. The Morgan fingerprint density at radius 3 is 2.77 bits per heavy atom. The Morgan fingerprint density at radius 2 is 2.00 bits per heavy atom. The highest BCUT2D eigenvalue weighted by atomic mass is 35.5. The van der Waals surface area contributed by atoms with Gasteiger partial charge in [0.15, 0.2) is 0 Å². The van der Waals surface area contributed by atoms with Gasteiger partial charge < -0.3 is 16.4 Å². The first-order chi connectivity index (χ1) is 12.4. The van der Waals surface area contributed by atoms with E-state index in [1.54, 1.807) is 0 Å². The van der Waals surface area contributed by atoms with Crippen LogP contribution < -0.4 is 16.4 Å². The number of carbonyl (C=O) groups is 3. The summed E-state index contributed by atoms with van der Waals surface area (Å²) >= 11 is 6.04. The molecule has 0 aromatic heterocycles. The smallest absolute Gasteiger partial charge is 0.248 e. The number of nitrogens with two attached hydrogens (primary N) is 1. The molecule has 0 saturated carbocycles. The number of para-hydroxylation sites is 1. The van der Waals surface area contributed by atoms with E-state index in [4.69, 9.17) is 17.3 Å². The van der Waals surface area contributed by atoms with Crippen molar-refractivity contribution in [2.75, 3.05) is 10.6 Å². The predicted molar refractivity (Wildman–Crippen MR) is 100 cm³/mol. The Bertz CT molecular complexity index is 882. The molecular weight excluding hydrogens is 354 g/mol. The van der Waals surface area contributed by atoms with Crippen LogP contribution in [-0.2, 0) is 16.0 Å². The zero-order valence-corrected chi connectivity index (χ0v) is 14.7. The zero-order chi connectivity index (χ0) is 18.7. The summed E-state index contributed by atoms with van der Waals surface area (Å²) in [5.41, 5.74) is 7.71. The van der Waals surface area contributed by atoms with Gasteiger partial charge in [-0.1, -0.05) is 29.8 Å². The van der Waals surface area contributed by atoms with Gasteiger partial charge in [0.2, 0.25) is 17.7 Å². The second kappa shape index (κ2) is 7.58. The van der Waals surface area contributed by atoms with E-state index in [-0.39, 0.29) is 29.7 Å². The average Bonchev–Trinajstić information content (AvgIpc) is 2.61. The molecule has 1 heterocycles. The number of benzene rings is 2. The van der Waals surface area contributed by atoms with E-state index >= 15 is 0 Å². The standard InChI is InChI=1S/C19H18ClN3O3/c20-14-7-5-12(18(21)25)10-16(14)22-17(24)8-6-13-9-11-3-1-2-4-15(11)23-19(13)26/h1-5,7,10,13H,6,8-9H2,(H2,21,25)(H,22,24)(H,23,26). The molecule has 6 nitrogen and oxygen atoms in total. The lowest BCUT2D eigenvalue weighted by Gasteiger charge is -2.24. The lowest BCUT2D eigenvalue weighted by atomic mass is 9.89. The molecule has 0 spiro atoms. The van der Waals surface area contributed by atoms with Crippen LogP contribution in [0, 0.1) is 5.92 Å². The van der Waals surface area contributed by atoms with Crippen molar-refractivity contribution >= 4 is 40.7 Å². The maximum atomic E-state index is 12.2. The molecule has 3 rings (SSSR count). The van der Waals surface area contributed by atoms with Gasteiger partial charge in [-0.05, 0) is 42.7 Å². The fourth-order valence-electron chi connectivity index (χ4n) is 2.94. The second-order valence-electron chi connectivity index (χ2n) is 6.19. The summed E-state index contributed by atoms with van der Waals surface area (Å²) in [5, 5.41) is 5.85.